The Hall–Kier alpha value is -2.17. The van der Waals surface area contributed by atoms with E-state index in [4.69, 9.17) is 11.6 Å². The molecule has 2 unspecified atom stereocenters. The molecule has 2 atom stereocenters. The summed E-state index contributed by atoms with van der Waals surface area (Å²) in [5.41, 5.74) is -1.27. The molecular formula is C18H17ClO4. The Bertz CT molecular complexity index is 672. The monoisotopic (exact) mass is 332 g/mol. The van der Waals surface area contributed by atoms with E-state index in [9.17, 15) is 19.8 Å². The van der Waals surface area contributed by atoms with Crippen LogP contribution in [0, 0.1) is 5.92 Å². The predicted octanol–water partition coefficient (Wildman–Crippen LogP) is 3.09. The molecule has 120 valence electrons. The van der Waals surface area contributed by atoms with Crippen molar-refractivity contribution < 1.29 is 19.8 Å². The van der Waals surface area contributed by atoms with Gasteiger partial charge in [0, 0.05) is 17.9 Å². The lowest BCUT2D eigenvalue weighted by molar-refractivity contribution is -0.142. The number of carboxylic acids is 1. The van der Waals surface area contributed by atoms with Gasteiger partial charge in [-0.25, -0.2) is 0 Å². The molecule has 2 aromatic carbocycles. The third-order valence-corrected chi connectivity index (χ3v) is 4.11. The van der Waals surface area contributed by atoms with Gasteiger partial charge in [-0.1, -0.05) is 60.7 Å². The highest BCUT2D eigenvalue weighted by Gasteiger charge is 2.41. The largest absolute Gasteiger partial charge is 0.481 e. The van der Waals surface area contributed by atoms with Crippen LogP contribution < -0.4 is 0 Å². The number of benzene rings is 2. The van der Waals surface area contributed by atoms with E-state index >= 15 is 0 Å². The van der Waals surface area contributed by atoms with Crippen LogP contribution in [0.3, 0.4) is 0 Å². The van der Waals surface area contributed by atoms with Gasteiger partial charge < -0.3 is 10.2 Å². The molecule has 0 spiro atoms. The van der Waals surface area contributed by atoms with Crippen molar-refractivity contribution in [3.8, 4) is 0 Å². The third-order valence-electron chi connectivity index (χ3n) is 3.74. The molecule has 2 rings (SSSR count). The first-order valence-electron chi connectivity index (χ1n) is 7.15. The van der Waals surface area contributed by atoms with Gasteiger partial charge in [0.1, 0.15) is 0 Å². The van der Waals surface area contributed by atoms with Gasteiger partial charge in [-0.15, -0.1) is 11.6 Å². The number of Topliss-reactive ketones (excluding diaryl/α,β-unsaturated/α-hetero) is 1. The van der Waals surface area contributed by atoms with Gasteiger partial charge in [-0.05, 0) is 5.56 Å². The number of rotatable bonds is 7. The number of aliphatic carboxylic acids is 1. The van der Waals surface area contributed by atoms with Crippen LogP contribution in [0.1, 0.15) is 22.3 Å². The Morgan fingerprint density at radius 1 is 1.00 bits per heavy atom. The van der Waals surface area contributed by atoms with Gasteiger partial charge in [0.05, 0.1) is 5.92 Å². The molecule has 0 bridgehead atoms. The lowest BCUT2D eigenvalue weighted by Gasteiger charge is -2.29. The Morgan fingerprint density at radius 3 is 2.00 bits per heavy atom. The number of hydrogen-bond donors (Lipinski definition) is 2. The summed E-state index contributed by atoms with van der Waals surface area (Å²) in [5, 5.41) is 20.3. The SMILES string of the molecule is O=C(O)C(CCl)CC(O)(C(=O)c1ccccc1)c1ccccc1. The van der Waals surface area contributed by atoms with Gasteiger partial charge in [0.15, 0.2) is 11.4 Å². The van der Waals surface area contributed by atoms with E-state index in [0.717, 1.165) is 0 Å². The summed E-state index contributed by atoms with van der Waals surface area (Å²) in [7, 11) is 0. The van der Waals surface area contributed by atoms with Crippen LogP contribution in [-0.2, 0) is 10.4 Å². The van der Waals surface area contributed by atoms with Crippen LogP contribution in [0.5, 0.6) is 0 Å². The topological polar surface area (TPSA) is 74.6 Å². The Morgan fingerprint density at radius 2 is 1.52 bits per heavy atom. The van der Waals surface area contributed by atoms with Crippen LogP contribution in [0.2, 0.25) is 0 Å². The molecule has 2 N–H and O–H groups in total. The third kappa shape index (κ3) is 3.78. The molecule has 4 nitrogen and oxygen atoms in total. The summed E-state index contributed by atoms with van der Waals surface area (Å²) in [6, 6.07) is 16.7. The second kappa shape index (κ2) is 7.40. The number of aliphatic hydroxyl groups is 1. The highest BCUT2D eigenvalue weighted by Crippen LogP contribution is 2.33. The van der Waals surface area contributed by atoms with Crippen molar-refractivity contribution in [3.05, 3.63) is 71.8 Å². The average molecular weight is 333 g/mol. The second-order valence-corrected chi connectivity index (χ2v) is 5.62. The highest BCUT2D eigenvalue weighted by molar-refractivity contribution is 6.19. The molecule has 5 heteroatoms. The summed E-state index contributed by atoms with van der Waals surface area (Å²) in [4.78, 5) is 24.1. The maximum absolute atomic E-state index is 12.9. The molecule has 0 heterocycles. The number of halogens is 1. The molecule has 0 aromatic heterocycles. The molecule has 0 amide bonds. The summed E-state index contributed by atoms with van der Waals surface area (Å²) in [6.45, 7) is 0. The van der Waals surface area contributed by atoms with Crippen molar-refractivity contribution in [2.75, 3.05) is 5.88 Å². The van der Waals surface area contributed by atoms with Crippen LogP contribution >= 0.6 is 11.6 Å². The number of carboxylic acid groups (broad SMARTS) is 1. The van der Waals surface area contributed by atoms with Gasteiger partial charge in [-0.2, -0.15) is 0 Å². The van der Waals surface area contributed by atoms with E-state index in [-0.39, 0.29) is 12.3 Å². The highest BCUT2D eigenvalue weighted by atomic mass is 35.5. The minimum absolute atomic E-state index is 0.188. The zero-order valence-electron chi connectivity index (χ0n) is 12.4. The zero-order chi connectivity index (χ0) is 16.9. The van der Waals surface area contributed by atoms with E-state index in [1.165, 1.54) is 0 Å². The minimum Gasteiger partial charge on any atom is -0.481 e. The van der Waals surface area contributed by atoms with Crippen molar-refractivity contribution >= 4 is 23.4 Å². The van der Waals surface area contributed by atoms with Crippen LogP contribution in [0.4, 0.5) is 0 Å². The van der Waals surface area contributed by atoms with Crippen LogP contribution in [0.15, 0.2) is 60.7 Å². The molecule has 0 aliphatic carbocycles. The molecule has 23 heavy (non-hydrogen) atoms. The fourth-order valence-corrected chi connectivity index (χ4v) is 2.69. The van der Waals surface area contributed by atoms with E-state index < -0.39 is 23.3 Å². The first kappa shape index (κ1) is 17.2. The lowest BCUT2D eigenvalue weighted by Crippen LogP contribution is -2.40. The fourth-order valence-electron chi connectivity index (χ4n) is 2.45. The quantitative estimate of drug-likeness (QED) is 0.603. The number of ketones is 1. The van der Waals surface area contributed by atoms with Crippen molar-refractivity contribution in [2.24, 2.45) is 5.92 Å². The molecule has 2 aromatic rings. The molecular weight excluding hydrogens is 316 g/mol. The molecule has 0 aliphatic rings. The number of hydrogen-bond acceptors (Lipinski definition) is 3. The first-order valence-corrected chi connectivity index (χ1v) is 7.69. The molecule has 0 saturated heterocycles. The van der Waals surface area contributed by atoms with Gasteiger partial charge in [0.2, 0.25) is 0 Å². The van der Waals surface area contributed by atoms with Gasteiger partial charge >= 0.3 is 5.97 Å². The van der Waals surface area contributed by atoms with Crippen molar-refractivity contribution in [1.82, 2.24) is 0 Å². The van der Waals surface area contributed by atoms with E-state index in [1.54, 1.807) is 60.7 Å². The van der Waals surface area contributed by atoms with Gasteiger partial charge in [-0.3, -0.25) is 9.59 Å². The second-order valence-electron chi connectivity index (χ2n) is 5.32. The lowest BCUT2D eigenvalue weighted by atomic mass is 9.79. The summed E-state index contributed by atoms with van der Waals surface area (Å²) >= 11 is 5.70. The summed E-state index contributed by atoms with van der Waals surface area (Å²) in [5.74, 6) is -2.91. The van der Waals surface area contributed by atoms with Gasteiger partial charge in [0.25, 0.3) is 0 Å². The fraction of sp³-hybridized carbons (Fsp3) is 0.222. The molecule has 0 fully saturated rings. The predicted molar refractivity (Wildman–Crippen MR) is 87.6 cm³/mol. The van der Waals surface area contributed by atoms with E-state index in [2.05, 4.69) is 0 Å². The summed E-state index contributed by atoms with van der Waals surface area (Å²) in [6.07, 6.45) is -0.288. The molecule has 0 radical (unpaired) electrons. The smallest absolute Gasteiger partial charge is 0.307 e. The maximum Gasteiger partial charge on any atom is 0.307 e. The van der Waals surface area contributed by atoms with Crippen LogP contribution in [0.25, 0.3) is 0 Å². The first-order chi connectivity index (χ1) is 11.0. The van der Waals surface area contributed by atoms with Crippen molar-refractivity contribution in [3.63, 3.8) is 0 Å². The Labute approximate surface area is 139 Å². The Balaban J connectivity index is 2.47. The number of carbonyl (C=O) groups excluding carboxylic acids is 1. The standard InChI is InChI=1S/C18H17ClO4/c19-12-14(17(21)22)11-18(23,15-9-5-2-6-10-15)16(20)13-7-3-1-4-8-13/h1-10,14,23H,11-12H2,(H,21,22). The zero-order valence-corrected chi connectivity index (χ0v) is 13.1. The normalized spacial score (nSPS) is 14.7. The maximum atomic E-state index is 12.9. The van der Waals surface area contributed by atoms with Crippen molar-refractivity contribution in [1.29, 1.82) is 0 Å². The number of alkyl halides is 1. The van der Waals surface area contributed by atoms with E-state index in [1.807, 2.05) is 0 Å². The minimum atomic E-state index is -1.94. The number of carbonyl (C=O) groups is 2. The molecule has 0 aliphatic heterocycles. The van der Waals surface area contributed by atoms with E-state index in [0.29, 0.717) is 11.1 Å². The average Bonchev–Trinajstić information content (AvgIpc) is 2.60. The van der Waals surface area contributed by atoms with Crippen LogP contribution in [-0.4, -0.2) is 27.8 Å². The molecule has 0 saturated carbocycles. The van der Waals surface area contributed by atoms with Crippen molar-refractivity contribution in [2.45, 2.75) is 12.0 Å². The summed E-state index contributed by atoms with van der Waals surface area (Å²) < 4.78 is 0. The Kier molecular flexibility index (Phi) is 5.53.